The summed E-state index contributed by atoms with van der Waals surface area (Å²) < 4.78 is 6.57. The van der Waals surface area contributed by atoms with Gasteiger partial charge in [-0.2, -0.15) is 0 Å². The minimum absolute atomic E-state index is 0.179. The predicted molar refractivity (Wildman–Crippen MR) is 65.8 cm³/mol. The van der Waals surface area contributed by atoms with Gasteiger partial charge in [0.1, 0.15) is 5.69 Å². The quantitative estimate of drug-likeness (QED) is 0.843. The van der Waals surface area contributed by atoms with Crippen molar-refractivity contribution in [1.29, 1.82) is 0 Å². The molecule has 0 saturated heterocycles. The zero-order valence-corrected chi connectivity index (χ0v) is 10.1. The maximum Gasteiger partial charge on any atom is 0.354 e. The molecular formula is C13H13NO4. The van der Waals surface area contributed by atoms with E-state index in [0.717, 1.165) is 0 Å². The highest BCUT2D eigenvalue weighted by atomic mass is 16.5. The smallest absolute Gasteiger partial charge is 0.354 e. The molecule has 1 heterocycles. The Morgan fingerprint density at radius 3 is 2.72 bits per heavy atom. The molecular weight excluding hydrogens is 234 g/mol. The zero-order chi connectivity index (χ0) is 13.3. The van der Waals surface area contributed by atoms with Gasteiger partial charge in [0, 0.05) is 18.0 Å². The molecule has 0 atom stereocenters. The maximum atomic E-state index is 11.7. The van der Waals surface area contributed by atoms with Crippen LogP contribution in [0.15, 0.2) is 24.3 Å². The van der Waals surface area contributed by atoms with Crippen molar-refractivity contribution in [3.63, 3.8) is 0 Å². The molecule has 0 spiro atoms. The Kier molecular flexibility index (Phi) is 3.06. The summed E-state index contributed by atoms with van der Waals surface area (Å²) in [5.74, 6) is -1.46. The van der Waals surface area contributed by atoms with E-state index in [1.807, 2.05) is 0 Å². The number of benzene rings is 1. The second kappa shape index (κ2) is 4.52. The molecule has 0 aliphatic rings. The van der Waals surface area contributed by atoms with Gasteiger partial charge in [0.2, 0.25) is 0 Å². The molecule has 18 heavy (non-hydrogen) atoms. The van der Waals surface area contributed by atoms with Crippen LogP contribution in [-0.2, 0) is 11.8 Å². The van der Waals surface area contributed by atoms with E-state index in [-0.39, 0.29) is 12.2 Å². The Morgan fingerprint density at radius 2 is 2.11 bits per heavy atom. The van der Waals surface area contributed by atoms with Crippen LogP contribution in [0.25, 0.3) is 10.9 Å². The summed E-state index contributed by atoms with van der Waals surface area (Å²) in [5.41, 5.74) is 1.22. The summed E-state index contributed by atoms with van der Waals surface area (Å²) in [5, 5.41) is 9.64. The van der Waals surface area contributed by atoms with E-state index in [9.17, 15) is 9.59 Å². The fourth-order valence-corrected chi connectivity index (χ4v) is 1.95. The van der Waals surface area contributed by atoms with E-state index >= 15 is 0 Å². The van der Waals surface area contributed by atoms with Crippen LogP contribution >= 0.6 is 0 Å². The first-order chi connectivity index (χ1) is 8.56. The number of rotatable bonds is 3. The van der Waals surface area contributed by atoms with Crippen molar-refractivity contribution in [2.24, 2.45) is 7.05 Å². The van der Waals surface area contributed by atoms with Gasteiger partial charge in [-0.05, 0) is 25.1 Å². The van der Waals surface area contributed by atoms with Crippen LogP contribution < -0.4 is 0 Å². The molecule has 2 rings (SSSR count). The lowest BCUT2D eigenvalue weighted by Gasteiger charge is -2.03. The van der Waals surface area contributed by atoms with Crippen LogP contribution in [0.3, 0.4) is 0 Å². The van der Waals surface area contributed by atoms with Crippen LogP contribution in [0, 0.1) is 0 Å². The summed E-state index contributed by atoms with van der Waals surface area (Å²) in [7, 11) is 1.71. The minimum atomic E-state index is -1.01. The molecule has 1 aromatic carbocycles. The number of carboxylic acids is 1. The number of esters is 1. The molecule has 0 unspecified atom stereocenters. The fraction of sp³-hybridized carbons (Fsp3) is 0.231. The molecule has 0 fully saturated rings. The molecule has 94 valence electrons. The number of aryl methyl sites for hydroxylation is 1. The van der Waals surface area contributed by atoms with Crippen LogP contribution in [0.4, 0.5) is 0 Å². The van der Waals surface area contributed by atoms with Gasteiger partial charge < -0.3 is 14.4 Å². The normalized spacial score (nSPS) is 10.6. The van der Waals surface area contributed by atoms with Crippen LogP contribution in [0.2, 0.25) is 0 Å². The van der Waals surface area contributed by atoms with Crippen LogP contribution in [0.1, 0.15) is 27.8 Å². The maximum absolute atomic E-state index is 11.7. The molecule has 0 saturated carbocycles. The second-order valence-electron chi connectivity index (χ2n) is 3.85. The average Bonchev–Trinajstić information content (AvgIpc) is 2.67. The Bertz CT molecular complexity index is 627. The molecule has 1 aromatic heterocycles. The third kappa shape index (κ3) is 1.84. The summed E-state index contributed by atoms with van der Waals surface area (Å²) in [6.45, 7) is 2.01. The summed E-state index contributed by atoms with van der Waals surface area (Å²) in [6.07, 6.45) is 0. The monoisotopic (exact) mass is 247 g/mol. The standard InChI is InChI=1S/C13H13NO4/c1-3-18-13(17)11-7-9-8(12(15)16)5-4-6-10(9)14(11)2/h4-7H,3H2,1-2H3,(H,15,16). The van der Waals surface area contributed by atoms with Crippen molar-refractivity contribution < 1.29 is 19.4 Å². The van der Waals surface area contributed by atoms with Gasteiger partial charge in [-0.1, -0.05) is 6.07 Å². The SMILES string of the molecule is CCOC(=O)c1cc2c(C(=O)O)cccc2n1C. The first kappa shape index (κ1) is 12.2. The summed E-state index contributed by atoms with van der Waals surface area (Å²) >= 11 is 0. The Balaban J connectivity index is 2.66. The molecule has 0 radical (unpaired) electrons. The lowest BCUT2D eigenvalue weighted by molar-refractivity contribution is 0.0515. The Morgan fingerprint density at radius 1 is 1.39 bits per heavy atom. The molecule has 5 heteroatoms. The second-order valence-corrected chi connectivity index (χ2v) is 3.85. The highest BCUT2D eigenvalue weighted by Crippen LogP contribution is 2.23. The first-order valence-electron chi connectivity index (χ1n) is 5.55. The van der Waals surface area contributed by atoms with Gasteiger partial charge in [-0.15, -0.1) is 0 Å². The zero-order valence-electron chi connectivity index (χ0n) is 10.1. The first-order valence-corrected chi connectivity index (χ1v) is 5.55. The van der Waals surface area contributed by atoms with Gasteiger partial charge in [-0.3, -0.25) is 0 Å². The Hall–Kier alpha value is -2.30. The number of hydrogen-bond donors (Lipinski definition) is 1. The van der Waals surface area contributed by atoms with Crippen LogP contribution in [0.5, 0.6) is 0 Å². The van der Waals surface area contributed by atoms with E-state index in [0.29, 0.717) is 16.6 Å². The molecule has 1 N–H and O–H groups in total. The van der Waals surface area contributed by atoms with E-state index < -0.39 is 11.9 Å². The largest absolute Gasteiger partial charge is 0.478 e. The lowest BCUT2D eigenvalue weighted by Crippen LogP contribution is -2.09. The minimum Gasteiger partial charge on any atom is -0.478 e. The Labute approximate surface area is 104 Å². The number of aromatic carboxylic acids is 1. The van der Waals surface area contributed by atoms with Crippen molar-refractivity contribution in [1.82, 2.24) is 4.57 Å². The predicted octanol–water partition coefficient (Wildman–Crippen LogP) is 2.05. The van der Waals surface area contributed by atoms with Gasteiger partial charge in [-0.25, -0.2) is 9.59 Å². The molecule has 2 aromatic rings. The van der Waals surface area contributed by atoms with Gasteiger partial charge in [0.05, 0.1) is 12.2 Å². The van der Waals surface area contributed by atoms with Gasteiger partial charge in [0.25, 0.3) is 0 Å². The van der Waals surface area contributed by atoms with E-state index in [1.165, 1.54) is 6.07 Å². The number of aromatic nitrogens is 1. The van der Waals surface area contributed by atoms with E-state index in [1.54, 1.807) is 36.7 Å². The van der Waals surface area contributed by atoms with Gasteiger partial charge in [0.15, 0.2) is 0 Å². The van der Waals surface area contributed by atoms with Crippen molar-refractivity contribution in [3.05, 3.63) is 35.5 Å². The molecule has 0 amide bonds. The number of carboxylic acid groups (broad SMARTS) is 1. The molecule has 5 nitrogen and oxygen atoms in total. The average molecular weight is 247 g/mol. The molecule has 0 bridgehead atoms. The topological polar surface area (TPSA) is 68.5 Å². The number of fused-ring (bicyclic) bond motifs is 1. The van der Waals surface area contributed by atoms with Crippen LogP contribution in [-0.4, -0.2) is 28.2 Å². The molecule has 0 aliphatic heterocycles. The highest BCUT2D eigenvalue weighted by molar-refractivity contribution is 6.06. The van der Waals surface area contributed by atoms with E-state index in [2.05, 4.69) is 0 Å². The number of carbonyl (C=O) groups excluding carboxylic acids is 1. The number of nitrogens with zero attached hydrogens (tertiary/aromatic N) is 1. The highest BCUT2D eigenvalue weighted by Gasteiger charge is 2.17. The lowest BCUT2D eigenvalue weighted by atomic mass is 10.1. The number of hydrogen-bond acceptors (Lipinski definition) is 3. The van der Waals surface area contributed by atoms with Crippen molar-refractivity contribution >= 4 is 22.8 Å². The fourth-order valence-electron chi connectivity index (χ4n) is 1.95. The van der Waals surface area contributed by atoms with Gasteiger partial charge >= 0.3 is 11.9 Å². The third-order valence-corrected chi connectivity index (χ3v) is 2.80. The van der Waals surface area contributed by atoms with Crippen molar-refractivity contribution in [2.75, 3.05) is 6.61 Å². The summed E-state index contributed by atoms with van der Waals surface area (Å²) in [6, 6.07) is 6.49. The summed E-state index contributed by atoms with van der Waals surface area (Å²) in [4.78, 5) is 22.8. The number of ether oxygens (including phenoxy) is 1. The number of carbonyl (C=O) groups is 2. The molecule has 0 aliphatic carbocycles. The third-order valence-electron chi connectivity index (χ3n) is 2.80. The van der Waals surface area contributed by atoms with E-state index in [4.69, 9.17) is 9.84 Å². The van der Waals surface area contributed by atoms with Crippen molar-refractivity contribution in [2.45, 2.75) is 6.92 Å². The van der Waals surface area contributed by atoms with Crippen molar-refractivity contribution in [3.8, 4) is 0 Å².